The second-order valence-electron chi connectivity index (χ2n) is 4.07. The molecule has 0 spiro atoms. The Hall–Kier alpha value is -1.71. The van der Waals surface area contributed by atoms with Gasteiger partial charge in [0.2, 0.25) is 0 Å². The molecule has 1 amide bonds. The minimum Gasteiger partial charge on any atom is -0.494 e. The van der Waals surface area contributed by atoms with Crippen molar-refractivity contribution in [1.82, 2.24) is 5.32 Å². The van der Waals surface area contributed by atoms with Crippen LogP contribution in [0.2, 0.25) is 0 Å². The van der Waals surface area contributed by atoms with Gasteiger partial charge in [0.15, 0.2) is 6.61 Å². The summed E-state index contributed by atoms with van der Waals surface area (Å²) < 4.78 is 10.7. The van der Waals surface area contributed by atoms with E-state index in [1.54, 1.807) is 12.1 Å². The molecule has 0 fully saturated rings. The molecule has 100 valence electrons. The first-order valence-corrected chi connectivity index (χ1v) is 6.30. The van der Waals surface area contributed by atoms with Crippen LogP contribution in [0, 0.1) is 0 Å². The Morgan fingerprint density at radius 3 is 2.22 bits per heavy atom. The van der Waals surface area contributed by atoms with Crippen molar-refractivity contribution in [3.8, 4) is 11.5 Å². The summed E-state index contributed by atoms with van der Waals surface area (Å²) in [6.45, 7) is 6.60. The minimum atomic E-state index is -0.0989. The fourth-order valence-electron chi connectivity index (χ4n) is 1.37. The van der Waals surface area contributed by atoms with Crippen molar-refractivity contribution in [3.05, 3.63) is 24.3 Å². The molecule has 18 heavy (non-hydrogen) atoms. The third kappa shape index (κ3) is 5.08. The molecule has 0 radical (unpaired) electrons. The molecule has 4 heteroatoms. The van der Waals surface area contributed by atoms with Crippen molar-refractivity contribution in [1.29, 1.82) is 0 Å². The van der Waals surface area contributed by atoms with Gasteiger partial charge in [-0.25, -0.2) is 0 Å². The van der Waals surface area contributed by atoms with Crippen LogP contribution >= 0.6 is 0 Å². The number of carbonyl (C=O) groups is 1. The number of amides is 1. The maximum Gasteiger partial charge on any atom is 0.258 e. The molecule has 1 atom stereocenters. The number of hydrogen-bond donors (Lipinski definition) is 1. The minimum absolute atomic E-state index is 0.0400. The summed E-state index contributed by atoms with van der Waals surface area (Å²) in [6, 6.07) is 7.42. The van der Waals surface area contributed by atoms with Gasteiger partial charge in [-0.3, -0.25) is 4.79 Å². The fraction of sp³-hybridized carbons (Fsp3) is 0.500. The summed E-state index contributed by atoms with van der Waals surface area (Å²) in [5.74, 6) is 1.37. The van der Waals surface area contributed by atoms with E-state index in [1.807, 2.05) is 32.9 Å². The third-order valence-electron chi connectivity index (χ3n) is 2.52. The summed E-state index contributed by atoms with van der Waals surface area (Å²) in [7, 11) is 0. The second kappa shape index (κ2) is 7.58. The van der Waals surface area contributed by atoms with Crippen molar-refractivity contribution in [2.24, 2.45) is 0 Å². The monoisotopic (exact) mass is 251 g/mol. The van der Waals surface area contributed by atoms with Crippen LogP contribution in [0.1, 0.15) is 27.2 Å². The predicted molar refractivity (Wildman–Crippen MR) is 71.0 cm³/mol. The third-order valence-corrected chi connectivity index (χ3v) is 2.52. The van der Waals surface area contributed by atoms with E-state index in [9.17, 15) is 4.79 Å². The molecule has 1 aromatic rings. The highest BCUT2D eigenvalue weighted by atomic mass is 16.5. The van der Waals surface area contributed by atoms with Crippen molar-refractivity contribution < 1.29 is 14.3 Å². The predicted octanol–water partition coefficient (Wildman–Crippen LogP) is 2.38. The Bertz CT molecular complexity index is 362. The van der Waals surface area contributed by atoms with Crippen LogP contribution in [0.3, 0.4) is 0 Å². The quantitative estimate of drug-likeness (QED) is 0.809. The smallest absolute Gasteiger partial charge is 0.258 e. The molecule has 1 N–H and O–H groups in total. The first-order valence-electron chi connectivity index (χ1n) is 6.30. The number of carbonyl (C=O) groups excluding carboxylic acids is 1. The van der Waals surface area contributed by atoms with Crippen LogP contribution in [0.4, 0.5) is 0 Å². The van der Waals surface area contributed by atoms with Gasteiger partial charge in [0.05, 0.1) is 6.61 Å². The zero-order chi connectivity index (χ0) is 13.4. The molecule has 1 unspecified atom stereocenters. The lowest BCUT2D eigenvalue weighted by molar-refractivity contribution is -0.123. The maximum absolute atomic E-state index is 11.5. The fourth-order valence-corrected chi connectivity index (χ4v) is 1.37. The van der Waals surface area contributed by atoms with E-state index in [0.717, 1.165) is 12.2 Å². The molecular formula is C14H21NO3. The number of ether oxygens (including phenoxy) is 2. The van der Waals surface area contributed by atoms with Crippen LogP contribution in [0.15, 0.2) is 24.3 Å². The average Bonchev–Trinajstić information content (AvgIpc) is 2.38. The van der Waals surface area contributed by atoms with Gasteiger partial charge in [0, 0.05) is 6.04 Å². The molecule has 1 rings (SSSR count). The molecular weight excluding hydrogens is 230 g/mol. The van der Waals surface area contributed by atoms with Crippen molar-refractivity contribution in [2.45, 2.75) is 33.2 Å². The van der Waals surface area contributed by atoms with Crippen molar-refractivity contribution in [3.63, 3.8) is 0 Å². The largest absolute Gasteiger partial charge is 0.494 e. The molecule has 0 saturated carbocycles. The Morgan fingerprint density at radius 1 is 1.17 bits per heavy atom. The molecule has 0 aliphatic heterocycles. The summed E-state index contributed by atoms with van der Waals surface area (Å²) in [6.07, 6.45) is 0.912. The van der Waals surface area contributed by atoms with Crippen LogP contribution in [0.25, 0.3) is 0 Å². The normalized spacial score (nSPS) is 11.7. The highest BCUT2D eigenvalue weighted by Gasteiger charge is 2.06. The summed E-state index contributed by atoms with van der Waals surface area (Å²) in [5, 5.41) is 2.84. The number of benzene rings is 1. The molecule has 0 saturated heterocycles. The molecule has 0 bridgehead atoms. The van der Waals surface area contributed by atoms with Crippen LogP contribution in [0.5, 0.6) is 11.5 Å². The van der Waals surface area contributed by atoms with E-state index in [2.05, 4.69) is 5.32 Å². The zero-order valence-corrected chi connectivity index (χ0v) is 11.2. The first kappa shape index (κ1) is 14.4. The van der Waals surface area contributed by atoms with Gasteiger partial charge in [0.1, 0.15) is 11.5 Å². The Labute approximate surface area is 108 Å². The SMILES string of the molecule is CCOc1ccc(OCC(=O)NC(C)CC)cc1. The highest BCUT2D eigenvalue weighted by molar-refractivity contribution is 5.77. The molecule has 0 aliphatic rings. The van der Waals surface area contributed by atoms with Crippen molar-refractivity contribution >= 4 is 5.91 Å². The van der Waals surface area contributed by atoms with E-state index in [4.69, 9.17) is 9.47 Å². The van der Waals surface area contributed by atoms with E-state index in [-0.39, 0.29) is 18.6 Å². The van der Waals surface area contributed by atoms with Gasteiger partial charge >= 0.3 is 0 Å². The van der Waals surface area contributed by atoms with Gasteiger partial charge in [-0.05, 0) is 44.5 Å². The van der Waals surface area contributed by atoms with Gasteiger partial charge < -0.3 is 14.8 Å². The summed E-state index contributed by atoms with van der Waals surface area (Å²) in [5.41, 5.74) is 0. The Kier molecular flexibility index (Phi) is 6.05. The summed E-state index contributed by atoms with van der Waals surface area (Å²) in [4.78, 5) is 11.5. The molecule has 4 nitrogen and oxygen atoms in total. The standard InChI is InChI=1S/C14H21NO3/c1-4-11(3)15-14(16)10-18-13-8-6-12(7-9-13)17-5-2/h6-9,11H,4-5,10H2,1-3H3,(H,15,16). The van der Waals surface area contributed by atoms with E-state index in [0.29, 0.717) is 12.4 Å². The molecule has 0 aromatic heterocycles. The maximum atomic E-state index is 11.5. The van der Waals surface area contributed by atoms with Crippen LogP contribution in [-0.4, -0.2) is 25.2 Å². The van der Waals surface area contributed by atoms with E-state index < -0.39 is 0 Å². The number of hydrogen-bond acceptors (Lipinski definition) is 3. The van der Waals surface area contributed by atoms with Gasteiger partial charge in [-0.1, -0.05) is 6.92 Å². The highest BCUT2D eigenvalue weighted by Crippen LogP contribution is 2.17. The van der Waals surface area contributed by atoms with Crippen LogP contribution < -0.4 is 14.8 Å². The number of nitrogens with one attached hydrogen (secondary N) is 1. The second-order valence-corrected chi connectivity index (χ2v) is 4.07. The van der Waals surface area contributed by atoms with Crippen molar-refractivity contribution in [2.75, 3.05) is 13.2 Å². The lowest BCUT2D eigenvalue weighted by atomic mass is 10.2. The number of rotatable bonds is 7. The zero-order valence-electron chi connectivity index (χ0n) is 11.2. The topological polar surface area (TPSA) is 47.6 Å². The van der Waals surface area contributed by atoms with Gasteiger partial charge in [-0.15, -0.1) is 0 Å². The average molecular weight is 251 g/mol. The molecule has 0 heterocycles. The first-order chi connectivity index (χ1) is 8.65. The summed E-state index contributed by atoms with van der Waals surface area (Å²) >= 11 is 0. The molecule has 0 aliphatic carbocycles. The molecule has 1 aromatic carbocycles. The van der Waals surface area contributed by atoms with Gasteiger partial charge in [0.25, 0.3) is 5.91 Å². The van der Waals surface area contributed by atoms with Crippen LogP contribution in [-0.2, 0) is 4.79 Å². The Balaban J connectivity index is 2.36. The van der Waals surface area contributed by atoms with E-state index >= 15 is 0 Å². The van der Waals surface area contributed by atoms with Gasteiger partial charge in [-0.2, -0.15) is 0 Å². The lowest BCUT2D eigenvalue weighted by Gasteiger charge is -2.12. The Morgan fingerprint density at radius 2 is 1.72 bits per heavy atom. The lowest BCUT2D eigenvalue weighted by Crippen LogP contribution is -2.35. The van der Waals surface area contributed by atoms with E-state index in [1.165, 1.54) is 0 Å².